The van der Waals surface area contributed by atoms with Crippen molar-refractivity contribution in [2.45, 2.75) is 118 Å². The van der Waals surface area contributed by atoms with E-state index < -0.39 is 63.4 Å². The van der Waals surface area contributed by atoms with E-state index in [1.165, 1.54) is 108 Å². The van der Waals surface area contributed by atoms with Crippen LogP contribution in [0.2, 0.25) is 0 Å². The molecule has 6 heterocycles. The Morgan fingerprint density at radius 3 is 1.34 bits per heavy atom. The predicted molar refractivity (Wildman–Crippen MR) is 308 cm³/mol. The third-order valence-electron chi connectivity index (χ3n) is 13.1. The first-order valence-corrected chi connectivity index (χ1v) is 27.8. The first-order chi connectivity index (χ1) is 39.2. The number of fused-ring (bicyclic) bond motifs is 2. The van der Waals surface area contributed by atoms with Gasteiger partial charge >= 0.3 is 17.3 Å². The van der Waals surface area contributed by atoms with Gasteiger partial charge in [0.05, 0.1) is 89.3 Å². The van der Waals surface area contributed by atoms with Crippen molar-refractivity contribution in [1.29, 1.82) is 0 Å². The van der Waals surface area contributed by atoms with E-state index in [0.29, 0.717) is 47.9 Å². The molecule has 0 spiro atoms. The zero-order chi connectivity index (χ0) is 61.4. The minimum Gasteiger partial charge on any atom is -0.496 e. The Labute approximate surface area is 482 Å². The fourth-order valence-electron chi connectivity index (χ4n) is 8.96. The number of carbonyl (C=O) groups excluding carboxylic acids is 1. The van der Waals surface area contributed by atoms with Gasteiger partial charge < -0.3 is 40.0 Å². The van der Waals surface area contributed by atoms with Crippen molar-refractivity contribution in [2.24, 2.45) is 11.7 Å². The number of carbonyl (C=O) groups is 2. The number of thiophene rings is 2. The second-order valence-corrected chi connectivity index (χ2v) is 22.7. The van der Waals surface area contributed by atoms with E-state index in [1.807, 2.05) is 27.7 Å². The van der Waals surface area contributed by atoms with Crippen LogP contribution in [-0.4, -0.2) is 122 Å². The average molecular weight is 1190 g/mol. The lowest BCUT2D eigenvalue weighted by Crippen LogP contribution is -2.53. The van der Waals surface area contributed by atoms with Gasteiger partial charge in [0, 0.05) is 28.7 Å². The maximum atomic E-state index is 14.4. The van der Waals surface area contributed by atoms with Gasteiger partial charge in [0.15, 0.2) is 5.78 Å². The molecule has 28 heteroatoms. The number of carboxylic acids is 1. The van der Waals surface area contributed by atoms with Gasteiger partial charge in [-0.15, -0.1) is 9.59 Å². The highest BCUT2D eigenvalue weighted by Crippen LogP contribution is 2.37. The van der Waals surface area contributed by atoms with Crippen LogP contribution >= 0.6 is 22.7 Å². The Morgan fingerprint density at radius 2 is 1.01 bits per heavy atom. The normalized spacial score (nSPS) is 12.6. The van der Waals surface area contributed by atoms with Gasteiger partial charge in [0.1, 0.15) is 66.1 Å². The summed E-state index contributed by atoms with van der Waals surface area (Å²) in [7, 11) is 2.82. The van der Waals surface area contributed by atoms with Crippen molar-refractivity contribution < 1.29 is 52.6 Å². The number of aliphatic hydroxyl groups excluding tert-OH is 2. The SMILES string of the molecule is CC(C)N.COc1ccc(F)cc1[C@@H](Cn1c(=O)n(C(C)(C)C(=O)CC(C)C)c(=O)c2c(C)c(-n3nccn3)sc21)OCCO.COc1ccc(F)cc1[C@@H](Cn1c(=O)n(C(C)(C)C(=O)O)c(=O)c2c(C)c(-n3nccn3)sc21)OCCO. The minimum atomic E-state index is -1.90. The van der Waals surface area contributed by atoms with E-state index in [1.54, 1.807) is 27.7 Å². The van der Waals surface area contributed by atoms with Crippen LogP contribution in [0.5, 0.6) is 11.5 Å². The van der Waals surface area contributed by atoms with Gasteiger partial charge in [-0.2, -0.15) is 20.4 Å². The highest BCUT2D eigenvalue weighted by Gasteiger charge is 2.38. The van der Waals surface area contributed by atoms with Gasteiger partial charge in [0.2, 0.25) is 0 Å². The molecule has 0 saturated carbocycles. The van der Waals surface area contributed by atoms with Crippen LogP contribution in [0.15, 0.2) is 80.4 Å². The van der Waals surface area contributed by atoms with Crippen LogP contribution in [0.1, 0.15) is 96.3 Å². The molecule has 0 saturated heterocycles. The molecule has 0 amide bonds. The molecule has 448 valence electrons. The van der Waals surface area contributed by atoms with E-state index in [0.717, 1.165) is 27.2 Å². The summed E-state index contributed by atoms with van der Waals surface area (Å²) in [4.78, 5) is 84.5. The quantitative estimate of drug-likeness (QED) is 0.0647. The number of aryl methyl sites for hydroxylation is 2. The summed E-state index contributed by atoms with van der Waals surface area (Å²) in [5.74, 6) is -2.15. The molecule has 0 aliphatic carbocycles. The lowest BCUT2D eigenvalue weighted by atomic mass is 9.91. The molecular weight excluding hydrogens is 1120 g/mol. The summed E-state index contributed by atoms with van der Waals surface area (Å²) in [5, 5.41) is 46.7. The van der Waals surface area contributed by atoms with Gasteiger partial charge in [-0.05, 0) is 89.9 Å². The van der Waals surface area contributed by atoms with Gasteiger partial charge in [-0.1, -0.05) is 50.4 Å². The Bertz CT molecular complexity index is 3820. The fraction of sp³-hybridized carbons (Fsp3) is 0.455. The van der Waals surface area contributed by atoms with Gasteiger partial charge in [-0.3, -0.25) is 23.5 Å². The molecule has 8 aromatic rings. The lowest BCUT2D eigenvalue weighted by Gasteiger charge is -2.28. The van der Waals surface area contributed by atoms with Crippen LogP contribution in [0.25, 0.3) is 30.4 Å². The smallest absolute Gasteiger partial charge is 0.333 e. The highest BCUT2D eigenvalue weighted by atomic mass is 32.1. The van der Waals surface area contributed by atoms with Crippen LogP contribution in [0, 0.1) is 31.4 Å². The number of aliphatic hydroxyl groups is 2. The summed E-state index contributed by atoms with van der Waals surface area (Å²) in [5.41, 5.74) is 0.301. The van der Waals surface area contributed by atoms with E-state index in [9.17, 15) is 52.9 Å². The van der Waals surface area contributed by atoms with Crippen molar-refractivity contribution >= 4 is 54.9 Å². The average Bonchev–Trinajstić information content (AvgIpc) is 2.42. The predicted octanol–water partition coefficient (Wildman–Crippen LogP) is 5.55. The van der Waals surface area contributed by atoms with E-state index in [2.05, 4.69) is 20.4 Å². The number of nitrogens with two attached hydrogens (primary N) is 1. The van der Waals surface area contributed by atoms with Gasteiger partial charge in [0.25, 0.3) is 11.1 Å². The van der Waals surface area contributed by atoms with Crippen molar-refractivity contribution in [1.82, 2.24) is 48.3 Å². The molecule has 0 aliphatic rings. The summed E-state index contributed by atoms with van der Waals surface area (Å²) in [6.07, 6.45) is 4.11. The second-order valence-electron chi connectivity index (χ2n) is 20.8. The summed E-state index contributed by atoms with van der Waals surface area (Å²) in [6.45, 7) is 15.3. The Kier molecular flexibility index (Phi) is 21.2. The third-order valence-corrected chi connectivity index (χ3v) is 15.6. The molecule has 0 aliphatic heterocycles. The number of ether oxygens (including phenoxy) is 4. The number of methoxy groups -OCH3 is 2. The Morgan fingerprint density at radius 1 is 0.651 bits per heavy atom. The topological polar surface area (TPSA) is 307 Å². The number of carboxylic acid groups (broad SMARTS) is 1. The van der Waals surface area contributed by atoms with Crippen molar-refractivity contribution in [2.75, 3.05) is 40.6 Å². The molecule has 83 heavy (non-hydrogen) atoms. The van der Waals surface area contributed by atoms with Crippen LogP contribution in [-0.2, 0) is 43.2 Å². The number of hydrogen-bond donors (Lipinski definition) is 4. The molecule has 0 fully saturated rings. The molecule has 8 rings (SSSR count). The standard InChI is InChI=1S/C28H34FN5O6S.C24H26FN5O7S.C3H9N/c1-16(2)13-22(36)28(4,5)33-24(37)23-17(3)25(34-30-9-10-31-34)41-26(23)32(27(33)38)15-21(40-12-11-35)19-14-18(29)7-8-20(19)39-6;1-13-18-19(32)29(24(2,3)22(33)34)23(35)28(21(18)38-20(13)30-26-7-8-27-30)12-17(37-10-9-31)15-11-14(25)5-6-16(15)36-4;1-3(2)4/h7-10,14,16,21,35H,11-13,15H2,1-6H3;5-8,11,17,31H,9-10,12H2,1-4H3,(H,33,34);3H,4H2,1-2H3/t21-;17-;/m11./s1. The maximum Gasteiger partial charge on any atom is 0.333 e. The zero-order valence-electron chi connectivity index (χ0n) is 48.1. The second kappa shape index (κ2) is 27.2. The number of hydrogen-bond acceptors (Lipinski definition) is 19. The molecule has 0 bridgehead atoms. The first kappa shape index (κ1) is 64.6. The monoisotopic (exact) mass is 1190 g/mol. The molecule has 2 atom stereocenters. The van der Waals surface area contributed by atoms with Crippen LogP contribution < -0.4 is 37.7 Å². The number of Topliss-reactive ketones (excluding diaryl/α,β-unsaturated/α-hetero) is 1. The number of nitrogens with zero attached hydrogens (tertiary/aromatic N) is 10. The first-order valence-electron chi connectivity index (χ1n) is 26.1. The number of halogens is 2. The van der Waals surface area contributed by atoms with Crippen LogP contribution in [0.3, 0.4) is 0 Å². The van der Waals surface area contributed by atoms with E-state index in [-0.39, 0.29) is 84.6 Å². The lowest BCUT2D eigenvalue weighted by molar-refractivity contribution is -0.146. The molecule has 6 aromatic heterocycles. The summed E-state index contributed by atoms with van der Waals surface area (Å²) < 4.78 is 55.4. The van der Waals surface area contributed by atoms with Crippen molar-refractivity contribution in [3.63, 3.8) is 0 Å². The summed E-state index contributed by atoms with van der Waals surface area (Å²) >= 11 is 2.21. The molecule has 2 aromatic carbocycles. The number of aliphatic carboxylic acids is 1. The molecule has 0 unspecified atom stereocenters. The third kappa shape index (κ3) is 13.8. The molecule has 0 radical (unpaired) electrons. The molecule has 24 nitrogen and oxygen atoms in total. The molecule has 5 N–H and O–H groups in total. The molecular formula is C55H69F2N11O13S2. The van der Waals surface area contributed by atoms with Crippen LogP contribution in [0.4, 0.5) is 8.78 Å². The number of rotatable bonds is 22. The summed E-state index contributed by atoms with van der Waals surface area (Å²) in [6, 6.07) is 8.07. The Balaban J connectivity index is 0.000000251. The highest BCUT2D eigenvalue weighted by molar-refractivity contribution is 7.21. The van der Waals surface area contributed by atoms with Gasteiger partial charge in [-0.25, -0.2) is 32.3 Å². The number of aromatic nitrogens is 10. The number of ketones is 1. The van der Waals surface area contributed by atoms with Crippen molar-refractivity contribution in [3.8, 4) is 21.5 Å². The minimum absolute atomic E-state index is 0.0144. The number of benzene rings is 2. The van der Waals surface area contributed by atoms with E-state index in [4.69, 9.17) is 24.7 Å². The zero-order valence-corrected chi connectivity index (χ0v) is 49.7. The largest absolute Gasteiger partial charge is 0.496 e. The Hall–Kier alpha value is -7.60. The maximum absolute atomic E-state index is 14.4. The van der Waals surface area contributed by atoms with E-state index >= 15 is 0 Å². The van der Waals surface area contributed by atoms with Crippen molar-refractivity contribution in [3.05, 3.63) is 137 Å². The fourth-order valence-corrected chi connectivity index (χ4v) is 11.4.